The zero-order valence-electron chi connectivity index (χ0n) is 21.5. The minimum Gasteiger partial charge on any atom is -0.493 e. The van der Waals surface area contributed by atoms with Gasteiger partial charge in [-0.1, -0.05) is 25.1 Å². The third-order valence-electron chi connectivity index (χ3n) is 6.67. The SMILES string of the molecule is CCOc1cc([C@@H](CS(C)(=O)=O)N2C(=O)c3c(CC)ccc(CNC(=O)C4CC4)c3C2=O)ccc1OC. The van der Waals surface area contributed by atoms with Gasteiger partial charge in [-0.2, -0.15) is 0 Å². The van der Waals surface area contributed by atoms with Crippen LogP contribution in [-0.4, -0.2) is 56.8 Å². The summed E-state index contributed by atoms with van der Waals surface area (Å²) in [6.45, 7) is 4.15. The average Bonchev–Trinajstić information content (AvgIpc) is 3.67. The molecule has 0 radical (unpaired) electrons. The molecule has 0 unspecified atom stereocenters. The molecule has 1 N–H and O–H groups in total. The first kappa shape index (κ1) is 26.7. The molecule has 2 aliphatic rings. The number of imide groups is 1. The summed E-state index contributed by atoms with van der Waals surface area (Å²) in [7, 11) is -2.12. The van der Waals surface area contributed by atoms with Crippen LogP contribution < -0.4 is 14.8 Å². The number of nitrogens with one attached hydrogen (secondary N) is 1. The van der Waals surface area contributed by atoms with E-state index >= 15 is 0 Å². The van der Waals surface area contributed by atoms with Crippen molar-refractivity contribution in [3.05, 3.63) is 58.1 Å². The van der Waals surface area contributed by atoms with Gasteiger partial charge in [0.15, 0.2) is 11.5 Å². The zero-order chi connectivity index (χ0) is 26.9. The Morgan fingerprint density at radius 1 is 1.05 bits per heavy atom. The van der Waals surface area contributed by atoms with E-state index in [0.717, 1.165) is 24.0 Å². The molecule has 3 amide bonds. The van der Waals surface area contributed by atoms with Crippen LogP contribution in [0.5, 0.6) is 11.5 Å². The highest BCUT2D eigenvalue weighted by atomic mass is 32.2. The van der Waals surface area contributed by atoms with E-state index < -0.39 is 33.4 Å². The number of sulfone groups is 1. The molecule has 2 aromatic carbocycles. The Hall–Kier alpha value is -3.40. The van der Waals surface area contributed by atoms with E-state index in [1.807, 2.05) is 6.92 Å². The fourth-order valence-corrected chi connectivity index (χ4v) is 5.60. The van der Waals surface area contributed by atoms with Gasteiger partial charge in [-0.05, 0) is 55.0 Å². The molecule has 1 heterocycles. The number of benzene rings is 2. The molecule has 198 valence electrons. The maximum Gasteiger partial charge on any atom is 0.262 e. The second kappa shape index (κ2) is 10.5. The normalized spacial score (nSPS) is 15.9. The highest BCUT2D eigenvalue weighted by Crippen LogP contribution is 2.39. The van der Waals surface area contributed by atoms with Crippen LogP contribution in [0.1, 0.15) is 70.1 Å². The summed E-state index contributed by atoms with van der Waals surface area (Å²) in [4.78, 5) is 40.9. The van der Waals surface area contributed by atoms with Gasteiger partial charge in [0, 0.05) is 18.7 Å². The second-order valence-corrected chi connectivity index (χ2v) is 11.6. The minimum atomic E-state index is -3.61. The van der Waals surface area contributed by atoms with Crippen LogP contribution >= 0.6 is 0 Å². The van der Waals surface area contributed by atoms with Crippen LogP contribution in [0.25, 0.3) is 0 Å². The molecule has 10 heteroatoms. The Labute approximate surface area is 217 Å². The first-order valence-electron chi connectivity index (χ1n) is 12.4. The fourth-order valence-electron chi connectivity index (χ4n) is 4.68. The van der Waals surface area contributed by atoms with Gasteiger partial charge in [-0.25, -0.2) is 8.42 Å². The smallest absolute Gasteiger partial charge is 0.262 e. The predicted molar refractivity (Wildman–Crippen MR) is 138 cm³/mol. The summed E-state index contributed by atoms with van der Waals surface area (Å²) in [5.74, 6) is -0.804. The van der Waals surface area contributed by atoms with Crippen LogP contribution in [0.3, 0.4) is 0 Å². The molecule has 0 spiro atoms. The molecule has 0 aromatic heterocycles. The van der Waals surface area contributed by atoms with Gasteiger partial charge < -0.3 is 14.8 Å². The van der Waals surface area contributed by atoms with Gasteiger partial charge in [-0.15, -0.1) is 0 Å². The number of fused-ring (bicyclic) bond motifs is 1. The largest absolute Gasteiger partial charge is 0.493 e. The molecule has 1 aliphatic carbocycles. The Balaban J connectivity index is 1.78. The van der Waals surface area contributed by atoms with Crippen molar-refractivity contribution in [2.75, 3.05) is 25.7 Å². The van der Waals surface area contributed by atoms with E-state index in [4.69, 9.17) is 9.47 Å². The van der Waals surface area contributed by atoms with Gasteiger partial charge in [0.2, 0.25) is 5.91 Å². The second-order valence-electron chi connectivity index (χ2n) is 9.41. The highest BCUT2D eigenvalue weighted by molar-refractivity contribution is 7.90. The number of ether oxygens (including phenoxy) is 2. The summed E-state index contributed by atoms with van der Waals surface area (Å²) in [6.07, 6.45) is 3.28. The van der Waals surface area contributed by atoms with Crippen molar-refractivity contribution in [3.63, 3.8) is 0 Å². The number of amides is 3. The standard InChI is InChI=1S/C27H32N2O7S/c1-5-16-7-10-19(14-28-25(30)17-8-9-17)24-23(16)26(31)29(27(24)32)20(15-37(4,33)34)18-11-12-21(35-3)22(13-18)36-6-2/h7,10-13,17,20H,5-6,8-9,14-15H2,1-4H3,(H,28,30)/t20-/m1/s1. The van der Waals surface area contributed by atoms with Crippen LogP contribution in [0.15, 0.2) is 30.3 Å². The summed E-state index contributed by atoms with van der Waals surface area (Å²) in [5.41, 5.74) is 2.15. The molecule has 1 fully saturated rings. The van der Waals surface area contributed by atoms with Crippen molar-refractivity contribution < 1.29 is 32.3 Å². The van der Waals surface area contributed by atoms with Gasteiger partial charge in [0.05, 0.1) is 36.6 Å². The van der Waals surface area contributed by atoms with Gasteiger partial charge in [0.1, 0.15) is 9.84 Å². The van der Waals surface area contributed by atoms with E-state index in [1.54, 1.807) is 37.3 Å². The molecule has 1 saturated carbocycles. The number of nitrogens with zero attached hydrogens (tertiary/aromatic N) is 1. The predicted octanol–water partition coefficient (Wildman–Crippen LogP) is 3.06. The van der Waals surface area contributed by atoms with Crippen molar-refractivity contribution in [1.29, 1.82) is 0 Å². The fraction of sp³-hybridized carbons (Fsp3) is 0.444. The Kier molecular flexibility index (Phi) is 7.59. The van der Waals surface area contributed by atoms with Crippen LogP contribution in [0, 0.1) is 5.92 Å². The van der Waals surface area contributed by atoms with E-state index in [2.05, 4.69) is 5.32 Å². The molecular formula is C27H32N2O7S. The van der Waals surface area contributed by atoms with Gasteiger partial charge >= 0.3 is 0 Å². The van der Waals surface area contributed by atoms with Crippen molar-refractivity contribution >= 4 is 27.6 Å². The molecule has 2 aromatic rings. The first-order chi connectivity index (χ1) is 17.6. The lowest BCUT2D eigenvalue weighted by Gasteiger charge is -2.27. The van der Waals surface area contributed by atoms with E-state index in [0.29, 0.717) is 41.2 Å². The molecule has 37 heavy (non-hydrogen) atoms. The molecular weight excluding hydrogens is 496 g/mol. The summed E-state index contributed by atoms with van der Waals surface area (Å²) in [5, 5.41) is 2.86. The first-order valence-corrected chi connectivity index (χ1v) is 14.4. The number of carbonyl (C=O) groups excluding carboxylic acids is 3. The Morgan fingerprint density at radius 2 is 1.70 bits per heavy atom. The van der Waals surface area contributed by atoms with Crippen LogP contribution in [0.2, 0.25) is 0 Å². The van der Waals surface area contributed by atoms with Crippen LogP contribution in [0.4, 0.5) is 0 Å². The van der Waals surface area contributed by atoms with Crippen molar-refractivity contribution in [2.45, 2.75) is 45.7 Å². The van der Waals surface area contributed by atoms with Crippen molar-refractivity contribution in [2.24, 2.45) is 5.92 Å². The number of aryl methyl sites for hydroxylation is 1. The number of rotatable bonds is 11. The van der Waals surface area contributed by atoms with Gasteiger partial charge in [-0.3, -0.25) is 19.3 Å². The zero-order valence-corrected chi connectivity index (χ0v) is 22.3. The van der Waals surface area contributed by atoms with E-state index in [9.17, 15) is 22.8 Å². The summed E-state index contributed by atoms with van der Waals surface area (Å²) in [6, 6.07) is 7.34. The molecule has 1 atom stereocenters. The third kappa shape index (κ3) is 5.49. The Morgan fingerprint density at radius 3 is 2.27 bits per heavy atom. The molecule has 1 aliphatic heterocycles. The number of hydrogen-bond donors (Lipinski definition) is 1. The minimum absolute atomic E-state index is 0.00513. The van der Waals surface area contributed by atoms with Crippen molar-refractivity contribution in [3.8, 4) is 11.5 Å². The van der Waals surface area contributed by atoms with Crippen LogP contribution in [-0.2, 0) is 27.6 Å². The lowest BCUT2D eigenvalue weighted by Crippen LogP contribution is -2.38. The highest BCUT2D eigenvalue weighted by Gasteiger charge is 2.44. The maximum absolute atomic E-state index is 13.9. The Bertz CT molecular complexity index is 1350. The topological polar surface area (TPSA) is 119 Å². The molecule has 4 rings (SSSR count). The molecule has 0 bridgehead atoms. The molecule has 0 saturated heterocycles. The summed E-state index contributed by atoms with van der Waals surface area (Å²) >= 11 is 0. The quantitative estimate of drug-likeness (QED) is 0.445. The number of methoxy groups -OCH3 is 1. The third-order valence-corrected chi connectivity index (χ3v) is 7.59. The van der Waals surface area contributed by atoms with E-state index in [1.165, 1.54) is 7.11 Å². The lowest BCUT2D eigenvalue weighted by atomic mass is 9.96. The summed E-state index contributed by atoms with van der Waals surface area (Å²) < 4.78 is 36.0. The number of hydrogen-bond acceptors (Lipinski definition) is 7. The maximum atomic E-state index is 13.9. The van der Waals surface area contributed by atoms with Gasteiger partial charge in [0.25, 0.3) is 11.8 Å². The van der Waals surface area contributed by atoms with E-state index in [-0.39, 0.29) is 29.5 Å². The number of carbonyl (C=O) groups is 3. The average molecular weight is 529 g/mol. The van der Waals surface area contributed by atoms with Crippen molar-refractivity contribution in [1.82, 2.24) is 10.2 Å². The lowest BCUT2D eigenvalue weighted by molar-refractivity contribution is -0.122. The monoisotopic (exact) mass is 528 g/mol. The molecule has 9 nitrogen and oxygen atoms in total.